The van der Waals surface area contributed by atoms with E-state index in [4.69, 9.17) is 4.74 Å². The Morgan fingerprint density at radius 3 is 2.59 bits per heavy atom. The third kappa shape index (κ3) is 6.15. The van der Waals surface area contributed by atoms with E-state index >= 15 is 0 Å². The maximum absolute atomic E-state index is 12.4. The number of hydrogen-bond donors (Lipinski definition) is 1. The van der Waals surface area contributed by atoms with Gasteiger partial charge in [0.1, 0.15) is 0 Å². The van der Waals surface area contributed by atoms with E-state index in [0.717, 1.165) is 59.0 Å². The zero-order valence-electron chi connectivity index (χ0n) is 18.1. The van der Waals surface area contributed by atoms with Crippen LogP contribution in [0.25, 0.3) is 0 Å². The molecule has 166 valence electrons. The Balaban J connectivity index is 1.27. The lowest BCUT2D eigenvalue weighted by Crippen LogP contribution is -2.35. The minimum absolute atomic E-state index is 0.233. The van der Waals surface area contributed by atoms with Crippen molar-refractivity contribution >= 4 is 40.2 Å². The van der Waals surface area contributed by atoms with Gasteiger partial charge in [-0.05, 0) is 49.7 Å². The molecule has 0 atom stereocenters. The van der Waals surface area contributed by atoms with Crippen LogP contribution in [0.5, 0.6) is 0 Å². The van der Waals surface area contributed by atoms with Crippen molar-refractivity contribution in [1.29, 1.82) is 0 Å². The van der Waals surface area contributed by atoms with Gasteiger partial charge in [0.25, 0.3) is 5.91 Å². The molecule has 0 bridgehead atoms. The number of anilines is 1. The largest absolute Gasteiger partial charge is 0.378 e. The van der Waals surface area contributed by atoms with Crippen LogP contribution in [0.3, 0.4) is 0 Å². The van der Waals surface area contributed by atoms with Crippen molar-refractivity contribution in [2.24, 2.45) is 5.10 Å². The molecule has 1 aliphatic rings. The number of aromatic nitrogens is 2. The van der Waals surface area contributed by atoms with Crippen molar-refractivity contribution in [3.8, 4) is 0 Å². The van der Waals surface area contributed by atoms with Crippen LogP contribution < -0.4 is 10.3 Å². The number of aryl methyl sites for hydroxylation is 2. The molecule has 3 heterocycles. The van der Waals surface area contributed by atoms with Crippen molar-refractivity contribution < 1.29 is 9.53 Å². The molecule has 1 fully saturated rings. The van der Waals surface area contributed by atoms with Gasteiger partial charge in [0.15, 0.2) is 5.16 Å². The number of morpholine rings is 1. The van der Waals surface area contributed by atoms with E-state index < -0.39 is 0 Å². The van der Waals surface area contributed by atoms with Crippen LogP contribution in [0.15, 0.2) is 52.7 Å². The smallest absolute Gasteiger partial charge is 0.271 e. The molecular weight excluding hydrogens is 442 g/mol. The third-order valence-electron chi connectivity index (χ3n) is 4.84. The number of ether oxygens (including phenoxy) is 1. The summed E-state index contributed by atoms with van der Waals surface area (Å²) >= 11 is 3.24. The molecule has 3 aromatic rings. The van der Waals surface area contributed by atoms with Crippen molar-refractivity contribution in [3.05, 3.63) is 69.9 Å². The first-order valence-electron chi connectivity index (χ1n) is 10.4. The van der Waals surface area contributed by atoms with Gasteiger partial charge in [-0.2, -0.15) is 5.10 Å². The first kappa shape index (κ1) is 22.4. The standard InChI is InChI=1S/C23H25N5O2S2/c1-16-13-17(2)26-23(25-16)31-15-18-3-5-19(6-4-18)22(29)27-24-14-20-7-8-21(32-20)28-9-11-30-12-10-28/h3-8,13-14H,9-12,15H2,1-2H3,(H,27,29)/b24-14+. The second-order valence-corrected chi connectivity index (χ2v) is 9.43. The second kappa shape index (κ2) is 10.7. The number of thiophene rings is 1. The summed E-state index contributed by atoms with van der Waals surface area (Å²) in [4.78, 5) is 24.6. The highest BCUT2D eigenvalue weighted by molar-refractivity contribution is 7.98. The van der Waals surface area contributed by atoms with E-state index in [2.05, 4.69) is 31.5 Å². The first-order chi connectivity index (χ1) is 15.6. The summed E-state index contributed by atoms with van der Waals surface area (Å²) in [7, 11) is 0. The summed E-state index contributed by atoms with van der Waals surface area (Å²) in [5.41, 5.74) is 6.21. The number of rotatable bonds is 7. The van der Waals surface area contributed by atoms with Gasteiger partial charge in [-0.15, -0.1) is 11.3 Å². The van der Waals surface area contributed by atoms with Gasteiger partial charge in [-0.3, -0.25) is 4.79 Å². The summed E-state index contributed by atoms with van der Waals surface area (Å²) in [5.74, 6) is 0.510. The van der Waals surface area contributed by atoms with Crippen LogP contribution in [0, 0.1) is 13.8 Å². The Labute approximate surface area is 195 Å². The van der Waals surface area contributed by atoms with E-state index in [1.54, 1.807) is 29.3 Å². The maximum atomic E-state index is 12.4. The monoisotopic (exact) mass is 467 g/mol. The fraction of sp³-hybridized carbons (Fsp3) is 0.304. The summed E-state index contributed by atoms with van der Waals surface area (Å²) < 4.78 is 5.39. The molecule has 0 aliphatic carbocycles. The highest BCUT2D eigenvalue weighted by atomic mass is 32.2. The molecule has 1 N–H and O–H groups in total. The lowest BCUT2D eigenvalue weighted by atomic mass is 10.1. The van der Waals surface area contributed by atoms with Gasteiger partial charge in [0.2, 0.25) is 0 Å². The van der Waals surface area contributed by atoms with E-state index in [1.807, 2.05) is 50.2 Å². The van der Waals surface area contributed by atoms with Crippen LogP contribution in [-0.2, 0) is 10.5 Å². The van der Waals surface area contributed by atoms with Gasteiger partial charge in [-0.1, -0.05) is 23.9 Å². The predicted molar refractivity (Wildman–Crippen MR) is 130 cm³/mol. The summed E-state index contributed by atoms with van der Waals surface area (Å²) in [6, 6.07) is 13.6. The minimum Gasteiger partial charge on any atom is -0.378 e. The molecule has 2 aromatic heterocycles. The summed E-state index contributed by atoms with van der Waals surface area (Å²) in [6.45, 7) is 7.26. The van der Waals surface area contributed by atoms with E-state index in [1.165, 1.54) is 5.00 Å². The van der Waals surface area contributed by atoms with Crippen LogP contribution in [0.1, 0.15) is 32.2 Å². The number of hydrogen-bond acceptors (Lipinski definition) is 8. The molecule has 9 heteroatoms. The summed E-state index contributed by atoms with van der Waals surface area (Å²) in [5, 5.41) is 6.08. The molecule has 7 nitrogen and oxygen atoms in total. The quantitative estimate of drug-likeness (QED) is 0.244. The number of carbonyl (C=O) groups excluding carboxylic acids is 1. The SMILES string of the molecule is Cc1cc(C)nc(SCc2ccc(C(=O)N/N=C/c3ccc(N4CCOCC4)s3)cc2)n1. The fourth-order valence-corrected chi connectivity index (χ4v) is 5.08. The zero-order chi connectivity index (χ0) is 22.3. The molecule has 1 aromatic carbocycles. The number of nitrogens with zero attached hydrogens (tertiary/aromatic N) is 4. The Bertz CT molecular complexity index is 1070. The second-order valence-electron chi connectivity index (χ2n) is 7.39. The van der Waals surface area contributed by atoms with Crippen molar-refractivity contribution in [1.82, 2.24) is 15.4 Å². The number of hydrazone groups is 1. The highest BCUT2D eigenvalue weighted by Gasteiger charge is 2.13. The van der Waals surface area contributed by atoms with Crippen molar-refractivity contribution in [2.45, 2.75) is 24.8 Å². The number of carbonyl (C=O) groups is 1. The maximum Gasteiger partial charge on any atom is 0.271 e. The Kier molecular flexibility index (Phi) is 7.51. The lowest BCUT2D eigenvalue weighted by molar-refractivity contribution is 0.0955. The van der Waals surface area contributed by atoms with E-state index in [9.17, 15) is 4.79 Å². The molecule has 1 saturated heterocycles. The molecule has 0 spiro atoms. The van der Waals surface area contributed by atoms with Crippen LogP contribution in [0.2, 0.25) is 0 Å². The fourth-order valence-electron chi connectivity index (χ4n) is 3.24. The molecule has 0 unspecified atom stereocenters. The number of nitrogens with one attached hydrogen (secondary N) is 1. The van der Waals surface area contributed by atoms with Crippen molar-refractivity contribution in [2.75, 3.05) is 31.2 Å². The molecular formula is C23H25N5O2S2. The normalized spacial score (nSPS) is 14.1. The molecule has 4 rings (SSSR count). The molecule has 0 radical (unpaired) electrons. The Morgan fingerprint density at radius 2 is 1.88 bits per heavy atom. The lowest BCUT2D eigenvalue weighted by Gasteiger charge is -2.27. The van der Waals surface area contributed by atoms with Crippen LogP contribution >= 0.6 is 23.1 Å². The van der Waals surface area contributed by atoms with Crippen LogP contribution in [0.4, 0.5) is 5.00 Å². The highest BCUT2D eigenvalue weighted by Crippen LogP contribution is 2.25. The Morgan fingerprint density at radius 1 is 1.16 bits per heavy atom. The van der Waals surface area contributed by atoms with Gasteiger partial charge in [-0.25, -0.2) is 15.4 Å². The molecule has 0 saturated carbocycles. The molecule has 32 heavy (non-hydrogen) atoms. The van der Waals surface area contributed by atoms with E-state index in [0.29, 0.717) is 5.56 Å². The number of benzene rings is 1. The topological polar surface area (TPSA) is 79.7 Å². The van der Waals surface area contributed by atoms with Crippen LogP contribution in [-0.4, -0.2) is 48.4 Å². The van der Waals surface area contributed by atoms with Gasteiger partial charge in [0.05, 0.1) is 24.4 Å². The number of thioether (sulfide) groups is 1. The Hall–Kier alpha value is -2.75. The molecule has 1 aliphatic heterocycles. The van der Waals surface area contributed by atoms with E-state index in [-0.39, 0.29) is 5.91 Å². The number of amides is 1. The average Bonchev–Trinajstić information content (AvgIpc) is 3.27. The van der Waals surface area contributed by atoms with Gasteiger partial charge >= 0.3 is 0 Å². The summed E-state index contributed by atoms with van der Waals surface area (Å²) in [6.07, 6.45) is 1.68. The van der Waals surface area contributed by atoms with Gasteiger partial charge < -0.3 is 9.64 Å². The minimum atomic E-state index is -0.233. The zero-order valence-corrected chi connectivity index (χ0v) is 19.7. The first-order valence-corrected chi connectivity index (χ1v) is 12.2. The van der Waals surface area contributed by atoms with Gasteiger partial charge in [0, 0.05) is 40.7 Å². The van der Waals surface area contributed by atoms with Crippen molar-refractivity contribution in [3.63, 3.8) is 0 Å². The molecule has 1 amide bonds. The average molecular weight is 468 g/mol. The predicted octanol–water partition coefficient (Wildman–Crippen LogP) is 4.05. The third-order valence-corrected chi connectivity index (χ3v) is 6.84.